The smallest absolute Gasteiger partial charge is 0.238 e. The van der Waals surface area contributed by atoms with Crippen LogP contribution >= 0.6 is 0 Å². The quantitative estimate of drug-likeness (QED) is 0.189. The van der Waals surface area contributed by atoms with Crippen molar-refractivity contribution in [2.75, 3.05) is 0 Å². The van der Waals surface area contributed by atoms with E-state index in [9.17, 15) is 0 Å². The Labute approximate surface area is 290 Å². The summed E-state index contributed by atoms with van der Waals surface area (Å²) in [5.41, 5.74) is 9.24. The lowest BCUT2D eigenvalue weighted by molar-refractivity contribution is 0.669. The number of fused-ring (bicyclic) bond motifs is 10. The Morgan fingerprint density at radius 1 is 0.412 bits per heavy atom. The van der Waals surface area contributed by atoms with E-state index in [4.69, 9.17) is 23.8 Å². The molecule has 238 valence electrons. The highest BCUT2D eigenvalue weighted by Gasteiger charge is 2.25. The highest BCUT2D eigenvalue weighted by Crippen LogP contribution is 2.46. The van der Waals surface area contributed by atoms with Gasteiger partial charge in [0.25, 0.3) is 0 Å². The van der Waals surface area contributed by atoms with Crippen molar-refractivity contribution in [3.05, 3.63) is 158 Å². The van der Waals surface area contributed by atoms with Crippen molar-refractivity contribution in [2.45, 2.75) is 0 Å². The zero-order valence-corrected chi connectivity index (χ0v) is 27.1. The number of furan rings is 2. The molecule has 0 aliphatic rings. The minimum Gasteiger partial charge on any atom is -0.456 e. The monoisotopic (exact) mass is 654 g/mol. The first-order valence-electron chi connectivity index (χ1n) is 16.9. The van der Waals surface area contributed by atoms with Crippen LogP contribution in [0.2, 0.25) is 0 Å². The molecule has 0 fully saturated rings. The molecule has 4 heterocycles. The van der Waals surface area contributed by atoms with E-state index in [2.05, 4.69) is 77.4 Å². The average molecular weight is 655 g/mol. The zero-order valence-electron chi connectivity index (χ0n) is 27.1. The summed E-state index contributed by atoms with van der Waals surface area (Å²) in [4.78, 5) is 15.4. The first kappa shape index (κ1) is 27.9. The summed E-state index contributed by atoms with van der Waals surface area (Å²) in [5, 5.41) is 6.33. The molecule has 0 saturated heterocycles. The molecular weight excluding hydrogens is 629 g/mol. The number of rotatable bonds is 4. The first-order valence-corrected chi connectivity index (χ1v) is 16.9. The topological polar surface area (TPSA) is 69.9 Å². The Hall–Kier alpha value is -7.05. The number of benzene rings is 7. The van der Waals surface area contributed by atoms with Crippen molar-refractivity contribution in [1.82, 2.24) is 19.5 Å². The molecule has 0 saturated carbocycles. The molecule has 0 atom stereocenters. The summed E-state index contributed by atoms with van der Waals surface area (Å²) in [7, 11) is 0. The van der Waals surface area contributed by atoms with E-state index >= 15 is 0 Å². The van der Waals surface area contributed by atoms with Gasteiger partial charge in [0.05, 0.1) is 16.4 Å². The second-order valence-electron chi connectivity index (χ2n) is 12.8. The van der Waals surface area contributed by atoms with Crippen LogP contribution in [0.5, 0.6) is 0 Å². The van der Waals surface area contributed by atoms with Gasteiger partial charge >= 0.3 is 0 Å². The second-order valence-corrected chi connectivity index (χ2v) is 12.8. The predicted octanol–water partition coefficient (Wildman–Crippen LogP) is 11.8. The fourth-order valence-corrected chi connectivity index (χ4v) is 7.55. The Morgan fingerprint density at radius 3 is 1.69 bits per heavy atom. The number of hydrogen-bond donors (Lipinski definition) is 0. The maximum atomic E-state index is 6.73. The molecule has 0 spiro atoms. The summed E-state index contributed by atoms with van der Waals surface area (Å²) in [5.74, 6) is 1.73. The largest absolute Gasteiger partial charge is 0.456 e. The molecular formula is C45H26N4O2. The molecule has 6 nitrogen and oxygen atoms in total. The van der Waals surface area contributed by atoms with E-state index in [0.717, 1.165) is 87.9 Å². The van der Waals surface area contributed by atoms with E-state index in [1.165, 1.54) is 0 Å². The van der Waals surface area contributed by atoms with Crippen LogP contribution < -0.4 is 0 Å². The summed E-state index contributed by atoms with van der Waals surface area (Å²) in [6.45, 7) is 0. The molecule has 0 N–H and O–H groups in total. The van der Waals surface area contributed by atoms with Gasteiger partial charge in [0.1, 0.15) is 22.3 Å². The highest BCUT2D eigenvalue weighted by atomic mass is 16.3. The van der Waals surface area contributed by atoms with E-state index in [1.54, 1.807) is 0 Å². The van der Waals surface area contributed by atoms with Crippen LogP contribution in [0.15, 0.2) is 167 Å². The van der Waals surface area contributed by atoms with Crippen molar-refractivity contribution >= 4 is 65.7 Å². The van der Waals surface area contributed by atoms with Gasteiger partial charge in [-0.05, 0) is 42.0 Å². The molecule has 0 unspecified atom stereocenters. The summed E-state index contributed by atoms with van der Waals surface area (Å²) in [6, 6.07) is 53.8. The van der Waals surface area contributed by atoms with Crippen LogP contribution in [-0.2, 0) is 0 Å². The standard InChI is InChI=1S/C45H26N4O2/c1-3-13-27(14-4-1)43-46-44(28-15-5-2-6-16-28)48-45(47-43)49-36-20-10-7-19-32(36)40-41(49)33(26-35-31-18-9-12-22-38(31)51-42(35)40)29-23-24-39-34(25-29)30-17-8-11-21-37(30)50-39/h1-26H. The summed E-state index contributed by atoms with van der Waals surface area (Å²) >= 11 is 0. The molecule has 11 rings (SSSR count). The molecule has 0 amide bonds. The van der Waals surface area contributed by atoms with Crippen molar-refractivity contribution in [1.29, 1.82) is 0 Å². The van der Waals surface area contributed by atoms with Crippen LogP contribution in [0.25, 0.3) is 106 Å². The third-order valence-electron chi connectivity index (χ3n) is 9.85. The fraction of sp³-hybridized carbons (Fsp3) is 0. The van der Waals surface area contributed by atoms with Gasteiger partial charge in [-0.1, -0.05) is 121 Å². The number of hydrogen-bond acceptors (Lipinski definition) is 5. The minimum absolute atomic E-state index is 0.528. The predicted molar refractivity (Wildman–Crippen MR) is 205 cm³/mol. The molecule has 0 aliphatic carbocycles. The Morgan fingerprint density at radius 2 is 0.980 bits per heavy atom. The van der Waals surface area contributed by atoms with Gasteiger partial charge in [-0.3, -0.25) is 4.57 Å². The van der Waals surface area contributed by atoms with Gasteiger partial charge < -0.3 is 8.83 Å². The first-order chi connectivity index (χ1) is 25.3. The highest BCUT2D eigenvalue weighted by molar-refractivity contribution is 6.27. The van der Waals surface area contributed by atoms with Crippen LogP contribution in [0.4, 0.5) is 0 Å². The van der Waals surface area contributed by atoms with Crippen molar-refractivity contribution in [3.8, 4) is 39.9 Å². The van der Waals surface area contributed by atoms with Gasteiger partial charge in [0.2, 0.25) is 5.95 Å². The molecule has 0 bridgehead atoms. The molecule has 0 radical (unpaired) electrons. The maximum absolute atomic E-state index is 6.73. The van der Waals surface area contributed by atoms with Crippen LogP contribution in [0.1, 0.15) is 0 Å². The average Bonchev–Trinajstić information content (AvgIpc) is 3.87. The molecule has 7 aromatic carbocycles. The Balaban J connectivity index is 1.31. The third-order valence-corrected chi connectivity index (χ3v) is 9.85. The minimum atomic E-state index is 0.528. The van der Waals surface area contributed by atoms with E-state index in [1.807, 2.05) is 84.9 Å². The van der Waals surface area contributed by atoms with E-state index < -0.39 is 0 Å². The summed E-state index contributed by atoms with van der Waals surface area (Å²) in [6.07, 6.45) is 0. The lowest BCUT2D eigenvalue weighted by Crippen LogP contribution is -2.07. The molecule has 0 aliphatic heterocycles. The number of para-hydroxylation sites is 3. The van der Waals surface area contributed by atoms with Crippen molar-refractivity contribution in [3.63, 3.8) is 0 Å². The fourth-order valence-electron chi connectivity index (χ4n) is 7.55. The van der Waals surface area contributed by atoms with Gasteiger partial charge in [0.15, 0.2) is 11.6 Å². The van der Waals surface area contributed by atoms with Crippen LogP contribution in [-0.4, -0.2) is 19.5 Å². The van der Waals surface area contributed by atoms with Gasteiger partial charge in [-0.15, -0.1) is 0 Å². The van der Waals surface area contributed by atoms with Crippen LogP contribution in [0.3, 0.4) is 0 Å². The Bertz CT molecular complexity index is 3080. The molecule has 4 aromatic heterocycles. The van der Waals surface area contributed by atoms with E-state index in [0.29, 0.717) is 17.6 Å². The van der Waals surface area contributed by atoms with Gasteiger partial charge in [-0.25, -0.2) is 4.98 Å². The van der Waals surface area contributed by atoms with Crippen molar-refractivity contribution < 1.29 is 8.83 Å². The van der Waals surface area contributed by atoms with E-state index in [-0.39, 0.29) is 0 Å². The number of nitrogens with zero attached hydrogens (tertiary/aromatic N) is 4. The van der Waals surface area contributed by atoms with Gasteiger partial charge in [0, 0.05) is 43.6 Å². The Kier molecular flexibility index (Phi) is 5.86. The van der Waals surface area contributed by atoms with Crippen molar-refractivity contribution in [2.24, 2.45) is 0 Å². The molecule has 6 heteroatoms. The number of aromatic nitrogens is 4. The second kappa shape index (κ2) is 10.7. The zero-order chi connectivity index (χ0) is 33.5. The lowest BCUT2D eigenvalue weighted by Gasteiger charge is -2.13. The maximum Gasteiger partial charge on any atom is 0.238 e. The third kappa shape index (κ3) is 4.20. The van der Waals surface area contributed by atoms with Gasteiger partial charge in [-0.2, -0.15) is 9.97 Å². The molecule has 11 aromatic rings. The van der Waals surface area contributed by atoms with Crippen LogP contribution in [0, 0.1) is 0 Å². The SMILES string of the molecule is c1ccc(-c2nc(-c3ccccc3)nc(-n3c4ccccc4c4c5oc6ccccc6c5cc(-c5ccc6oc7ccccc7c6c5)c43)n2)cc1. The normalized spacial score (nSPS) is 11.9. The molecule has 51 heavy (non-hydrogen) atoms. The lowest BCUT2D eigenvalue weighted by atomic mass is 9.97. The summed E-state index contributed by atoms with van der Waals surface area (Å²) < 4.78 is 15.2.